The SMILES string of the molecule is Cc1ccc(-c2cc(C)c(OCc3c(C)cccc3-n3nnn(C)c3=O)cc2C)nn1. The van der Waals surface area contributed by atoms with Crippen LogP contribution in [0.3, 0.4) is 0 Å². The van der Waals surface area contributed by atoms with Gasteiger partial charge in [0.25, 0.3) is 0 Å². The van der Waals surface area contributed by atoms with E-state index in [4.69, 9.17) is 4.74 Å². The van der Waals surface area contributed by atoms with Crippen molar-refractivity contribution in [3.8, 4) is 22.7 Å². The van der Waals surface area contributed by atoms with E-state index in [2.05, 4.69) is 26.7 Å². The van der Waals surface area contributed by atoms with E-state index in [-0.39, 0.29) is 5.69 Å². The Morgan fingerprint density at radius 2 is 1.71 bits per heavy atom. The molecule has 8 heteroatoms. The summed E-state index contributed by atoms with van der Waals surface area (Å²) in [5.41, 5.74) is 7.05. The fourth-order valence-corrected chi connectivity index (χ4v) is 3.45. The first-order chi connectivity index (χ1) is 14.8. The molecule has 0 aliphatic heterocycles. The number of nitrogens with zero attached hydrogens (tertiary/aromatic N) is 6. The number of aromatic nitrogens is 6. The summed E-state index contributed by atoms with van der Waals surface area (Å²) in [6.45, 7) is 8.24. The second-order valence-electron chi connectivity index (χ2n) is 7.65. The van der Waals surface area contributed by atoms with Gasteiger partial charge in [-0.2, -0.15) is 19.6 Å². The number of aryl methyl sites for hydroxylation is 5. The van der Waals surface area contributed by atoms with Crippen molar-refractivity contribution in [2.75, 3.05) is 0 Å². The molecule has 0 bridgehead atoms. The molecule has 2 aromatic carbocycles. The molecule has 0 N–H and O–H groups in total. The van der Waals surface area contributed by atoms with Crippen LogP contribution in [0, 0.1) is 27.7 Å². The van der Waals surface area contributed by atoms with Crippen LogP contribution in [-0.2, 0) is 13.7 Å². The molecule has 0 aliphatic carbocycles. The summed E-state index contributed by atoms with van der Waals surface area (Å²) < 4.78 is 8.69. The van der Waals surface area contributed by atoms with Crippen molar-refractivity contribution >= 4 is 0 Å². The minimum absolute atomic E-state index is 0.301. The van der Waals surface area contributed by atoms with Gasteiger partial charge in [-0.3, -0.25) is 0 Å². The van der Waals surface area contributed by atoms with Crippen LogP contribution in [0.2, 0.25) is 0 Å². The summed E-state index contributed by atoms with van der Waals surface area (Å²) in [5, 5.41) is 16.3. The predicted octanol–water partition coefficient (Wildman–Crippen LogP) is 3.24. The number of benzene rings is 2. The van der Waals surface area contributed by atoms with Crippen molar-refractivity contribution in [3.05, 3.63) is 80.9 Å². The summed E-state index contributed by atoms with van der Waals surface area (Å²) in [6.07, 6.45) is 0. The van der Waals surface area contributed by atoms with Crippen LogP contribution in [0.4, 0.5) is 0 Å². The molecule has 0 saturated carbocycles. The van der Waals surface area contributed by atoms with Crippen LogP contribution in [-0.4, -0.2) is 30.0 Å². The molecule has 4 aromatic rings. The fraction of sp³-hybridized carbons (Fsp3) is 0.261. The van der Waals surface area contributed by atoms with Gasteiger partial charge >= 0.3 is 5.69 Å². The molecular formula is C23H24N6O2. The zero-order valence-electron chi connectivity index (χ0n) is 18.2. The van der Waals surface area contributed by atoms with Crippen LogP contribution >= 0.6 is 0 Å². The molecule has 31 heavy (non-hydrogen) atoms. The van der Waals surface area contributed by atoms with E-state index in [1.807, 2.05) is 64.1 Å². The van der Waals surface area contributed by atoms with E-state index >= 15 is 0 Å². The highest BCUT2D eigenvalue weighted by Crippen LogP contribution is 2.30. The van der Waals surface area contributed by atoms with Crippen molar-refractivity contribution < 1.29 is 4.74 Å². The van der Waals surface area contributed by atoms with Crippen molar-refractivity contribution in [1.29, 1.82) is 0 Å². The lowest BCUT2D eigenvalue weighted by molar-refractivity contribution is 0.302. The quantitative estimate of drug-likeness (QED) is 0.496. The molecule has 2 aromatic heterocycles. The largest absolute Gasteiger partial charge is 0.489 e. The summed E-state index contributed by atoms with van der Waals surface area (Å²) in [5.74, 6) is 0.780. The van der Waals surface area contributed by atoms with E-state index in [1.54, 1.807) is 7.05 Å². The highest BCUT2D eigenvalue weighted by molar-refractivity contribution is 5.66. The first-order valence-corrected chi connectivity index (χ1v) is 9.98. The lowest BCUT2D eigenvalue weighted by Crippen LogP contribution is -2.23. The van der Waals surface area contributed by atoms with Crippen LogP contribution in [0.1, 0.15) is 27.9 Å². The lowest BCUT2D eigenvalue weighted by Gasteiger charge is -2.16. The summed E-state index contributed by atoms with van der Waals surface area (Å²) in [7, 11) is 1.57. The Morgan fingerprint density at radius 1 is 0.903 bits per heavy atom. The summed E-state index contributed by atoms with van der Waals surface area (Å²) in [4.78, 5) is 12.3. The number of tetrazole rings is 1. The minimum atomic E-state index is -0.303. The summed E-state index contributed by atoms with van der Waals surface area (Å²) in [6, 6.07) is 13.7. The maximum Gasteiger partial charge on any atom is 0.368 e. The van der Waals surface area contributed by atoms with E-state index in [1.165, 1.54) is 9.36 Å². The molecule has 0 atom stereocenters. The van der Waals surface area contributed by atoms with Gasteiger partial charge in [0.2, 0.25) is 0 Å². The third-order valence-corrected chi connectivity index (χ3v) is 5.30. The Morgan fingerprint density at radius 3 is 2.39 bits per heavy atom. The third kappa shape index (κ3) is 3.96. The first-order valence-electron chi connectivity index (χ1n) is 9.98. The van der Waals surface area contributed by atoms with Gasteiger partial charge < -0.3 is 4.74 Å². The van der Waals surface area contributed by atoms with Crippen molar-refractivity contribution in [2.24, 2.45) is 7.05 Å². The predicted molar refractivity (Wildman–Crippen MR) is 117 cm³/mol. The number of rotatable bonds is 5. The van der Waals surface area contributed by atoms with Crippen molar-refractivity contribution in [2.45, 2.75) is 34.3 Å². The maximum atomic E-state index is 12.3. The van der Waals surface area contributed by atoms with E-state index in [0.29, 0.717) is 12.3 Å². The average Bonchev–Trinajstić information content (AvgIpc) is 3.08. The second kappa shape index (κ2) is 8.14. The molecule has 0 spiro atoms. The van der Waals surface area contributed by atoms with Crippen LogP contribution in [0.5, 0.6) is 5.75 Å². The normalized spacial score (nSPS) is 11.0. The first kappa shape index (κ1) is 20.5. The van der Waals surface area contributed by atoms with E-state index in [0.717, 1.165) is 45.0 Å². The molecule has 0 amide bonds. The smallest absolute Gasteiger partial charge is 0.368 e. The Balaban J connectivity index is 1.65. The molecule has 158 valence electrons. The molecule has 0 radical (unpaired) electrons. The minimum Gasteiger partial charge on any atom is -0.489 e. The number of hydrogen-bond donors (Lipinski definition) is 0. The number of hydrogen-bond acceptors (Lipinski definition) is 6. The second-order valence-corrected chi connectivity index (χ2v) is 7.65. The van der Waals surface area contributed by atoms with Gasteiger partial charge in [-0.25, -0.2) is 4.79 Å². The van der Waals surface area contributed by atoms with Gasteiger partial charge in [-0.05, 0) is 85.1 Å². The van der Waals surface area contributed by atoms with E-state index in [9.17, 15) is 4.79 Å². The Kier molecular flexibility index (Phi) is 5.37. The monoisotopic (exact) mass is 416 g/mol. The van der Waals surface area contributed by atoms with Gasteiger partial charge in [-0.1, -0.05) is 12.1 Å². The maximum absolute atomic E-state index is 12.3. The van der Waals surface area contributed by atoms with Gasteiger partial charge in [0.05, 0.1) is 17.1 Å². The van der Waals surface area contributed by atoms with Crippen LogP contribution in [0.15, 0.2) is 47.3 Å². The highest BCUT2D eigenvalue weighted by atomic mass is 16.5. The Hall–Kier alpha value is -3.81. The molecule has 2 heterocycles. The van der Waals surface area contributed by atoms with Crippen molar-refractivity contribution in [1.82, 2.24) is 30.0 Å². The third-order valence-electron chi connectivity index (χ3n) is 5.30. The molecule has 4 rings (SSSR count). The highest BCUT2D eigenvalue weighted by Gasteiger charge is 2.15. The zero-order valence-corrected chi connectivity index (χ0v) is 18.2. The Bertz CT molecular complexity index is 1300. The van der Waals surface area contributed by atoms with Crippen LogP contribution in [0.25, 0.3) is 16.9 Å². The van der Waals surface area contributed by atoms with Gasteiger partial charge in [0, 0.05) is 18.2 Å². The molecular weight excluding hydrogens is 392 g/mol. The van der Waals surface area contributed by atoms with Gasteiger partial charge in [0.1, 0.15) is 12.4 Å². The Labute approximate surface area is 180 Å². The lowest BCUT2D eigenvalue weighted by atomic mass is 10.0. The fourth-order valence-electron chi connectivity index (χ4n) is 3.45. The number of ether oxygens (including phenoxy) is 1. The van der Waals surface area contributed by atoms with E-state index < -0.39 is 0 Å². The van der Waals surface area contributed by atoms with Gasteiger partial charge in [0.15, 0.2) is 0 Å². The van der Waals surface area contributed by atoms with Crippen molar-refractivity contribution in [3.63, 3.8) is 0 Å². The molecule has 8 nitrogen and oxygen atoms in total. The zero-order chi connectivity index (χ0) is 22.1. The molecule has 0 fully saturated rings. The standard InChI is InChI=1S/C23H24N6O2/c1-14-7-6-8-21(29-23(30)28(5)26-27-29)19(14)13-31-22-12-15(2)18(11-16(22)3)20-10-9-17(4)24-25-20/h6-12H,13H2,1-5H3. The molecule has 0 aliphatic rings. The summed E-state index contributed by atoms with van der Waals surface area (Å²) >= 11 is 0. The molecule has 0 saturated heterocycles. The van der Waals surface area contributed by atoms with Gasteiger partial charge in [-0.15, -0.1) is 0 Å². The molecule has 0 unspecified atom stereocenters. The topological polar surface area (TPSA) is 87.7 Å². The van der Waals surface area contributed by atoms with Crippen LogP contribution < -0.4 is 10.4 Å². The average molecular weight is 416 g/mol.